The number of halogens is 1. The highest BCUT2D eigenvalue weighted by atomic mass is 19.1. The third kappa shape index (κ3) is 4.39. The van der Waals surface area contributed by atoms with E-state index in [0.29, 0.717) is 12.0 Å². The van der Waals surface area contributed by atoms with E-state index in [2.05, 4.69) is 4.90 Å². The van der Waals surface area contributed by atoms with Gasteiger partial charge in [-0.2, -0.15) is 0 Å². The van der Waals surface area contributed by atoms with E-state index in [-0.39, 0.29) is 17.8 Å². The zero-order chi connectivity index (χ0) is 17.8. The summed E-state index contributed by atoms with van der Waals surface area (Å²) in [6.07, 6.45) is 3.97. The average Bonchev–Trinajstić information content (AvgIpc) is 2.64. The van der Waals surface area contributed by atoms with E-state index in [4.69, 9.17) is 4.74 Å². The molecule has 0 bridgehead atoms. The van der Waals surface area contributed by atoms with Crippen molar-refractivity contribution in [1.82, 2.24) is 9.80 Å². The van der Waals surface area contributed by atoms with Gasteiger partial charge in [-0.15, -0.1) is 0 Å². The normalized spacial score (nSPS) is 26.0. The number of ether oxygens (including phenoxy) is 1. The molecule has 2 fully saturated rings. The highest BCUT2D eigenvalue weighted by Crippen LogP contribution is 2.28. The van der Waals surface area contributed by atoms with Gasteiger partial charge in [0.1, 0.15) is 5.82 Å². The van der Waals surface area contributed by atoms with Gasteiger partial charge in [-0.3, -0.25) is 9.69 Å². The molecule has 2 saturated heterocycles. The van der Waals surface area contributed by atoms with Crippen LogP contribution in [-0.4, -0.2) is 61.1 Å². The molecule has 138 valence electrons. The van der Waals surface area contributed by atoms with Gasteiger partial charge < -0.3 is 9.64 Å². The van der Waals surface area contributed by atoms with Gasteiger partial charge in [0.25, 0.3) is 0 Å². The first-order chi connectivity index (χ1) is 12.1. The van der Waals surface area contributed by atoms with Gasteiger partial charge in [0.2, 0.25) is 5.91 Å². The van der Waals surface area contributed by atoms with Crippen LogP contribution in [0.15, 0.2) is 24.3 Å². The Morgan fingerprint density at radius 2 is 1.92 bits per heavy atom. The lowest BCUT2D eigenvalue weighted by atomic mass is 9.86. The molecule has 25 heavy (non-hydrogen) atoms. The molecule has 2 aliphatic heterocycles. The largest absolute Gasteiger partial charge is 0.380 e. The van der Waals surface area contributed by atoms with E-state index in [1.165, 1.54) is 6.07 Å². The van der Waals surface area contributed by atoms with E-state index in [1.807, 2.05) is 17.0 Å². The van der Waals surface area contributed by atoms with E-state index in [9.17, 15) is 9.18 Å². The van der Waals surface area contributed by atoms with Gasteiger partial charge in [0.05, 0.1) is 6.10 Å². The number of nitrogens with zero attached hydrogens (tertiary/aromatic N) is 2. The van der Waals surface area contributed by atoms with Crippen molar-refractivity contribution in [3.63, 3.8) is 0 Å². The third-order valence-corrected chi connectivity index (χ3v) is 5.90. The molecule has 0 saturated carbocycles. The fourth-order valence-electron chi connectivity index (χ4n) is 4.31. The van der Waals surface area contributed by atoms with Crippen molar-refractivity contribution in [2.75, 3.05) is 33.3 Å². The minimum Gasteiger partial charge on any atom is -0.380 e. The molecular formula is C20H29FN2O2. The summed E-state index contributed by atoms with van der Waals surface area (Å²) in [5.74, 6) is 0.420. The minimum atomic E-state index is -0.114. The molecular weight excluding hydrogens is 319 g/mol. The first-order valence-corrected chi connectivity index (χ1v) is 9.34. The first kappa shape index (κ1) is 18.3. The number of piperidine rings is 2. The Morgan fingerprint density at radius 3 is 2.56 bits per heavy atom. The van der Waals surface area contributed by atoms with Crippen molar-refractivity contribution in [3.8, 4) is 0 Å². The average molecular weight is 348 g/mol. The molecule has 5 heteroatoms. The molecule has 0 aromatic heterocycles. The molecule has 1 aromatic rings. The number of likely N-dealkylation sites (tertiary alicyclic amines) is 2. The molecule has 0 aliphatic carbocycles. The SMILES string of the molecule is CO[C@H]1CN(C2CCN(C(C)=O)CC2)CC[C@@H]1Cc1ccccc1F. The first-order valence-electron chi connectivity index (χ1n) is 9.34. The monoisotopic (exact) mass is 348 g/mol. The van der Waals surface area contributed by atoms with E-state index >= 15 is 0 Å². The zero-order valence-corrected chi connectivity index (χ0v) is 15.3. The lowest BCUT2D eigenvalue weighted by Gasteiger charge is -2.44. The predicted octanol–water partition coefficient (Wildman–Crippen LogP) is 2.72. The second-order valence-electron chi connectivity index (χ2n) is 7.35. The van der Waals surface area contributed by atoms with Gasteiger partial charge >= 0.3 is 0 Å². The fraction of sp³-hybridized carbons (Fsp3) is 0.650. The van der Waals surface area contributed by atoms with Crippen LogP contribution in [0, 0.1) is 11.7 Å². The maximum absolute atomic E-state index is 14.0. The topological polar surface area (TPSA) is 32.8 Å². The van der Waals surface area contributed by atoms with Crippen LogP contribution in [0.25, 0.3) is 0 Å². The fourth-order valence-corrected chi connectivity index (χ4v) is 4.31. The number of amides is 1. The Labute approximate surface area is 149 Å². The molecule has 2 aliphatic rings. The lowest BCUT2D eigenvalue weighted by Crippen LogP contribution is -2.53. The quantitative estimate of drug-likeness (QED) is 0.839. The van der Waals surface area contributed by atoms with Crippen LogP contribution in [0.3, 0.4) is 0 Å². The van der Waals surface area contributed by atoms with Crippen molar-refractivity contribution >= 4 is 5.91 Å². The molecule has 0 unspecified atom stereocenters. The summed E-state index contributed by atoms with van der Waals surface area (Å²) in [7, 11) is 1.76. The van der Waals surface area contributed by atoms with E-state index in [1.54, 1.807) is 20.1 Å². The molecule has 4 nitrogen and oxygen atoms in total. The highest BCUT2D eigenvalue weighted by Gasteiger charge is 2.34. The van der Waals surface area contributed by atoms with Gasteiger partial charge in [-0.25, -0.2) is 4.39 Å². The summed E-state index contributed by atoms with van der Waals surface area (Å²) in [5, 5.41) is 0. The Balaban J connectivity index is 1.57. The number of benzene rings is 1. The van der Waals surface area contributed by atoms with E-state index in [0.717, 1.165) is 57.4 Å². The molecule has 2 heterocycles. The summed E-state index contributed by atoms with van der Waals surface area (Å²) in [6.45, 7) is 5.29. The van der Waals surface area contributed by atoms with Crippen LogP contribution >= 0.6 is 0 Å². The lowest BCUT2D eigenvalue weighted by molar-refractivity contribution is -0.130. The summed E-state index contributed by atoms with van der Waals surface area (Å²) < 4.78 is 19.7. The number of carbonyl (C=O) groups is 1. The third-order valence-electron chi connectivity index (χ3n) is 5.90. The van der Waals surface area contributed by atoms with E-state index < -0.39 is 0 Å². The Morgan fingerprint density at radius 1 is 1.20 bits per heavy atom. The molecule has 0 radical (unpaired) electrons. The van der Waals surface area contributed by atoms with Crippen LogP contribution in [0.5, 0.6) is 0 Å². The van der Waals surface area contributed by atoms with Gasteiger partial charge in [0.15, 0.2) is 0 Å². The second-order valence-corrected chi connectivity index (χ2v) is 7.35. The molecule has 1 amide bonds. The maximum atomic E-state index is 14.0. The smallest absolute Gasteiger partial charge is 0.219 e. The van der Waals surface area contributed by atoms with Gasteiger partial charge in [-0.1, -0.05) is 18.2 Å². The molecule has 1 aromatic carbocycles. The number of hydrogen-bond donors (Lipinski definition) is 0. The van der Waals surface area contributed by atoms with Crippen LogP contribution in [0.1, 0.15) is 31.7 Å². The highest BCUT2D eigenvalue weighted by molar-refractivity contribution is 5.73. The van der Waals surface area contributed by atoms with Gasteiger partial charge in [-0.05, 0) is 49.8 Å². The summed E-state index contributed by atoms with van der Waals surface area (Å²) in [6, 6.07) is 7.59. The number of methoxy groups -OCH3 is 1. The van der Waals surface area contributed by atoms with Crippen molar-refractivity contribution in [2.24, 2.45) is 5.92 Å². The Kier molecular flexibility index (Phi) is 6.07. The van der Waals surface area contributed by atoms with Crippen molar-refractivity contribution in [2.45, 2.75) is 44.8 Å². The summed E-state index contributed by atoms with van der Waals surface area (Å²) >= 11 is 0. The number of rotatable bonds is 4. The summed E-state index contributed by atoms with van der Waals surface area (Å²) in [5.41, 5.74) is 0.790. The standard InChI is InChI=1S/C20H29FN2O2/c1-15(24)22-11-8-18(9-12-22)23-10-7-17(20(14-23)25-2)13-16-5-3-4-6-19(16)21/h3-6,17-18,20H,7-14H2,1-2H3/t17-,20+/m1/s1. The van der Waals surface area contributed by atoms with Crippen LogP contribution < -0.4 is 0 Å². The molecule has 0 spiro atoms. The molecule has 0 N–H and O–H groups in total. The molecule has 2 atom stereocenters. The van der Waals surface area contributed by atoms with Crippen LogP contribution in [0.2, 0.25) is 0 Å². The van der Waals surface area contributed by atoms with Gasteiger partial charge in [0, 0.05) is 39.7 Å². The minimum absolute atomic E-state index is 0.114. The zero-order valence-electron chi connectivity index (χ0n) is 15.3. The second kappa shape index (κ2) is 8.28. The van der Waals surface area contributed by atoms with Crippen LogP contribution in [-0.2, 0) is 16.0 Å². The Hall–Kier alpha value is -1.46. The predicted molar refractivity (Wildman–Crippen MR) is 95.9 cm³/mol. The molecule has 3 rings (SSSR count). The van der Waals surface area contributed by atoms with Crippen molar-refractivity contribution in [3.05, 3.63) is 35.6 Å². The Bertz CT molecular complexity index is 587. The number of hydrogen-bond acceptors (Lipinski definition) is 3. The van der Waals surface area contributed by atoms with Crippen molar-refractivity contribution < 1.29 is 13.9 Å². The maximum Gasteiger partial charge on any atom is 0.219 e. The summed E-state index contributed by atoms with van der Waals surface area (Å²) in [4.78, 5) is 15.9. The van der Waals surface area contributed by atoms with Crippen LogP contribution in [0.4, 0.5) is 4.39 Å². The van der Waals surface area contributed by atoms with Crippen molar-refractivity contribution in [1.29, 1.82) is 0 Å². The number of carbonyl (C=O) groups excluding carboxylic acids is 1.